The van der Waals surface area contributed by atoms with Crippen molar-refractivity contribution in [2.45, 2.75) is 45.6 Å². The van der Waals surface area contributed by atoms with Crippen LogP contribution in [0.2, 0.25) is 0 Å². The molecular weight excluding hydrogens is 566 g/mol. The average Bonchev–Trinajstić information content (AvgIpc) is 3.44. The summed E-state index contributed by atoms with van der Waals surface area (Å²) in [7, 11) is -3.46. The minimum absolute atomic E-state index is 0.131. The Morgan fingerprint density at radius 2 is 1.84 bits per heavy atom. The van der Waals surface area contributed by atoms with Crippen LogP contribution < -0.4 is 20.3 Å². The van der Waals surface area contributed by atoms with Crippen molar-refractivity contribution in [1.29, 1.82) is 0 Å². The lowest BCUT2D eigenvalue weighted by atomic mass is 10.0. The van der Waals surface area contributed by atoms with Crippen LogP contribution in [0.4, 0.5) is 11.5 Å². The van der Waals surface area contributed by atoms with E-state index >= 15 is 0 Å². The molecule has 1 saturated heterocycles. The molecule has 2 atom stereocenters. The van der Waals surface area contributed by atoms with E-state index in [0.717, 1.165) is 52.3 Å². The molecule has 11 nitrogen and oxygen atoms in total. The van der Waals surface area contributed by atoms with Crippen molar-refractivity contribution in [2.75, 3.05) is 35.1 Å². The first-order valence-electron chi connectivity index (χ1n) is 14.3. The van der Waals surface area contributed by atoms with E-state index in [1.165, 1.54) is 10.6 Å². The molecule has 2 aliphatic heterocycles. The highest BCUT2D eigenvalue weighted by atomic mass is 32.2. The number of amides is 1. The number of benzene rings is 1. The summed E-state index contributed by atoms with van der Waals surface area (Å²) in [4.78, 5) is 29.7. The van der Waals surface area contributed by atoms with Crippen LogP contribution in [0.15, 0.2) is 54.7 Å². The highest BCUT2D eigenvalue weighted by molar-refractivity contribution is 7.92. The van der Waals surface area contributed by atoms with Gasteiger partial charge in [-0.05, 0) is 73.9 Å². The number of sulfonamides is 1. The monoisotopic (exact) mass is 601 g/mol. The molecule has 0 spiro atoms. The minimum atomic E-state index is -3.46. The molecule has 43 heavy (non-hydrogen) atoms. The summed E-state index contributed by atoms with van der Waals surface area (Å²) < 4.78 is 31.8. The van der Waals surface area contributed by atoms with Gasteiger partial charge < -0.3 is 20.7 Å². The normalized spacial score (nSPS) is 18.6. The first-order valence-corrected chi connectivity index (χ1v) is 16.2. The molecule has 3 aromatic heterocycles. The molecule has 0 bridgehead atoms. The van der Waals surface area contributed by atoms with Crippen molar-refractivity contribution < 1.29 is 17.9 Å². The summed E-state index contributed by atoms with van der Waals surface area (Å²) in [6.45, 7) is 6.43. The van der Waals surface area contributed by atoms with E-state index in [9.17, 15) is 13.2 Å². The summed E-state index contributed by atoms with van der Waals surface area (Å²) in [6, 6.07) is 15.1. The SMILES string of the molecule is C[C@@H]1CN(c2cccc(-c3ccc4cnc(CNC(=O)c5cc(CN)c6c(c5)N(S(C)(=O)=O)CC6)cc4n3)n2)C[C@H](C)O1. The molecule has 4 aromatic rings. The first-order chi connectivity index (χ1) is 20.6. The maximum Gasteiger partial charge on any atom is 0.251 e. The van der Waals surface area contributed by atoms with Crippen molar-refractivity contribution in [3.05, 3.63) is 77.1 Å². The molecule has 12 heteroatoms. The second-order valence-electron chi connectivity index (χ2n) is 11.2. The maximum atomic E-state index is 13.2. The van der Waals surface area contributed by atoms with Gasteiger partial charge in [0.05, 0.1) is 53.3 Å². The second kappa shape index (κ2) is 11.5. The maximum absolute atomic E-state index is 13.2. The van der Waals surface area contributed by atoms with Gasteiger partial charge in [0.1, 0.15) is 5.82 Å². The Bertz CT molecular complexity index is 1800. The smallest absolute Gasteiger partial charge is 0.251 e. The fraction of sp³-hybridized carbons (Fsp3) is 0.355. The lowest BCUT2D eigenvalue weighted by Crippen LogP contribution is -2.45. The number of hydrogen-bond acceptors (Lipinski definition) is 9. The van der Waals surface area contributed by atoms with E-state index in [0.29, 0.717) is 29.9 Å². The molecular formula is C31H35N7O4S. The van der Waals surface area contributed by atoms with Crippen LogP contribution in [0.25, 0.3) is 22.3 Å². The molecule has 0 radical (unpaired) electrons. The van der Waals surface area contributed by atoms with Crippen molar-refractivity contribution in [2.24, 2.45) is 5.73 Å². The van der Waals surface area contributed by atoms with E-state index in [2.05, 4.69) is 29.0 Å². The van der Waals surface area contributed by atoms with Crippen LogP contribution in [0, 0.1) is 0 Å². The molecule has 1 aromatic carbocycles. The summed E-state index contributed by atoms with van der Waals surface area (Å²) in [5.74, 6) is 0.553. The topological polar surface area (TPSA) is 144 Å². The van der Waals surface area contributed by atoms with Crippen LogP contribution in [0.5, 0.6) is 0 Å². The van der Waals surface area contributed by atoms with E-state index < -0.39 is 10.0 Å². The molecule has 6 rings (SSSR count). The number of morpholine rings is 1. The van der Waals surface area contributed by atoms with Gasteiger partial charge in [-0.2, -0.15) is 0 Å². The predicted molar refractivity (Wildman–Crippen MR) is 166 cm³/mol. The van der Waals surface area contributed by atoms with Gasteiger partial charge in [-0.15, -0.1) is 0 Å². The first kappa shape index (κ1) is 29.0. The lowest BCUT2D eigenvalue weighted by molar-refractivity contribution is -0.00545. The number of pyridine rings is 3. The minimum Gasteiger partial charge on any atom is -0.372 e. The number of aromatic nitrogens is 3. The van der Waals surface area contributed by atoms with E-state index in [4.69, 9.17) is 20.4 Å². The number of anilines is 2. The number of rotatable bonds is 7. The fourth-order valence-corrected chi connectivity index (χ4v) is 6.84. The van der Waals surface area contributed by atoms with Gasteiger partial charge in [-0.1, -0.05) is 6.07 Å². The van der Waals surface area contributed by atoms with Gasteiger partial charge in [0.25, 0.3) is 5.91 Å². The van der Waals surface area contributed by atoms with Gasteiger partial charge in [-0.3, -0.25) is 14.1 Å². The third kappa shape index (κ3) is 6.03. The average molecular weight is 602 g/mol. The molecule has 2 aliphatic rings. The van der Waals surface area contributed by atoms with Crippen molar-refractivity contribution in [1.82, 2.24) is 20.3 Å². The molecule has 224 valence electrons. The Morgan fingerprint density at radius 1 is 1.07 bits per heavy atom. The predicted octanol–water partition coefficient (Wildman–Crippen LogP) is 3.02. The Morgan fingerprint density at radius 3 is 2.58 bits per heavy atom. The Balaban J connectivity index is 1.21. The zero-order valence-corrected chi connectivity index (χ0v) is 25.3. The molecule has 1 amide bonds. The van der Waals surface area contributed by atoms with Crippen LogP contribution >= 0.6 is 0 Å². The standard InChI is InChI=1S/C31H35N7O4S/c1-19-17-37(18-20(2)42-19)30-6-4-5-26(36-30)27-8-7-21-15-33-24(13-28(21)35-27)16-34-31(39)22-11-23(14-32)25-9-10-38(29(25)12-22)43(3,40)41/h4-8,11-13,15,19-20H,9-10,14,16-18,32H2,1-3H3,(H,34,39)/t19-,20+. The van der Waals surface area contributed by atoms with Gasteiger partial charge in [-0.25, -0.2) is 18.4 Å². The van der Waals surface area contributed by atoms with E-state index in [1.54, 1.807) is 18.3 Å². The lowest BCUT2D eigenvalue weighted by Gasteiger charge is -2.36. The molecule has 5 heterocycles. The van der Waals surface area contributed by atoms with Gasteiger partial charge >= 0.3 is 0 Å². The second-order valence-corrected chi connectivity index (χ2v) is 13.1. The highest BCUT2D eigenvalue weighted by Crippen LogP contribution is 2.34. The highest BCUT2D eigenvalue weighted by Gasteiger charge is 2.29. The Labute approximate surface area is 251 Å². The zero-order chi connectivity index (χ0) is 30.3. The van der Waals surface area contributed by atoms with Gasteiger partial charge in [0.2, 0.25) is 10.0 Å². The van der Waals surface area contributed by atoms with Gasteiger partial charge in [0.15, 0.2) is 0 Å². The number of fused-ring (bicyclic) bond motifs is 2. The number of ether oxygens (including phenoxy) is 1. The number of nitrogens with zero attached hydrogens (tertiary/aromatic N) is 5. The summed E-state index contributed by atoms with van der Waals surface area (Å²) in [6.07, 6.45) is 3.73. The quantitative estimate of drug-likeness (QED) is 0.327. The number of hydrogen-bond donors (Lipinski definition) is 2. The number of nitrogens with two attached hydrogens (primary N) is 1. The molecule has 0 saturated carbocycles. The van der Waals surface area contributed by atoms with Crippen LogP contribution in [0.3, 0.4) is 0 Å². The number of carbonyl (C=O) groups is 1. The Hall–Kier alpha value is -4.13. The van der Waals surface area contributed by atoms with Crippen LogP contribution in [-0.2, 0) is 34.3 Å². The summed E-state index contributed by atoms with van der Waals surface area (Å²) in [5, 5.41) is 3.78. The molecule has 0 aliphatic carbocycles. The summed E-state index contributed by atoms with van der Waals surface area (Å²) in [5.41, 5.74) is 11.4. The van der Waals surface area contributed by atoms with Crippen molar-refractivity contribution in [3.63, 3.8) is 0 Å². The van der Waals surface area contributed by atoms with E-state index in [1.807, 2.05) is 36.4 Å². The van der Waals surface area contributed by atoms with Gasteiger partial charge in [0, 0.05) is 43.3 Å². The number of nitrogens with one attached hydrogen (secondary N) is 1. The van der Waals surface area contributed by atoms with Crippen LogP contribution in [0.1, 0.15) is 41.0 Å². The largest absolute Gasteiger partial charge is 0.372 e. The molecule has 3 N–H and O–H groups in total. The third-order valence-electron chi connectivity index (χ3n) is 7.84. The number of carbonyl (C=O) groups excluding carboxylic acids is 1. The molecule has 1 fully saturated rings. The third-order valence-corrected chi connectivity index (χ3v) is 9.02. The van der Waals surface area contributed by atoms with Crippen molar-refractivity contribution in [3.8, 4) is 11.4 Å². The summed E-state index contributed by atoms with van der Waals surface area (Å²) >= 11 is 0. The van der Waals surface area contributed by atoms with E-state index in [-0.39, 0.29) is 31.2 Å². The fourth-order valence-electron chi connectivity index (χ4n) is 5.90. The molecule has 0 unspecified atom stereocenters. The van der Waals surface area contributed by atoms with Crippen LogP contribution in [-0.4, -0.2) is 67.4 Å². The van der Waals surface area contributed by atoms with Crippen molar-refractivity contribution >= 4 is 38.3 Å². The Kier molecular flexibility index (Phi) is 7.75. The zero-order valence-electron chi connectivity index (χ0n) is 24.4.